The second-order valence-electron chi connectivity index (χ2n) is 6.48. The van der Waals surface area contributed by atoms with Gasteiger partial charge in [0.15, 0.2) is 0 Å². The average molecular weight is 324 g/mol. The van der Waals surface area contributed by atoms with Gasteiger partial charge in [-0.2, -0.15) is 0 Å². The Morgan fingerprint density at radius 2 is 1.61 bits per heavy atom. The van der Waals surface area contributed by atoms with Gasteiger partial charge in [0.25, 0.3) is 0 Å². The summed E-state index contributed by atoms with van der Waals surface area (Å²) >= 11 is 0. The third-order valence-electron chi connectivity index (χ3n) is 4.13. The van der Waals surface area contributed by atoms with Crippen LogP contribution in [-0.2, 0) is 4.74 Å². The molecule has 0 atom stereocenters. The van der Waals surface area contributed by atoms with Crippen LogP contribution < -0.4 is 0 Å². The number of allylic oxidation sites excluding steroid dienone is 4. The fourth-order valence-corrected chi connectivity index (χ4v) is 2.30. The summed E-state index contributed by atoms with van der Waals surface area (Å²) in [5.74, 6) is 1.66. The number of ether oxygens (including phenoxy) is 1. The molecular weight excluding hydrogens is 282 g/mol. The summed E-state index contributed by atoms with van der Waals surface area (Å²) in [5.41, 5.74) is 3.00. The van der Waals surface area contributed by atoms with Gasteiger partial charge in [0.05, 0.1) is 0 Å². The first kappa shape index (κ1) is 24.4. The lowest BCUT2D eigenvalue weighted by Gasteiger charge is -2.17. The predicted octanol–water partition coefficient (Wildman–Crippen LogP) is 6.47. The van der Waals surface area contributed by atoms with Crippen molar-refractivity contribution in [3.8, 4) is 0 Å². The van der Waals surface area contributed by atoms with E-state index >= 15 is 0 Å². The molecule has 0 unspecified atom stereocenters. The van der Waals surface area contributed by atoms with E-state index in [1.54, 1.807) is 19.8 Å². The van der Waals surface area contributed by atoms with Gasteiger partial charge in [-0.15, -0.1) is 0 Å². The minimum absolute atomic E-state index is 0.771. The first-order valence-electron chi connectivity index (χ1n) is 9.15. The Morgan fingerprint density at radius 3 is 1.91 bits per heavy atom. The molecule has 0 bridgehead atoms. The number of aliphatic imine (C=N–C) groups is 1. The van der Waals surface area contributed by atoms with E-state index in [-0.39, 0.29) is 0 Å². The highest BCUT2D eigenvalue weighted by Crippen LogP contribution is 2.28. The first-order chi connectivity index (χ1) is 11.0. The quantitative estimate of drug-likeness (QED) is 0.429. The Kier molecular flexibility index (Phi) is 18.5. The number of methoxy groups -OCH3 is 1. The predicted molar refractivity (Wildman–Crippen MR) is 107 cm³/mol. The SMILES string of the molecule is CC/C(C=NC)=C(/C)C1CCC=CCC1.CCC(C)C.COC. The standard InChI is InChI=1S/C14H23N.C5H12.C2H6O/c1-4-13(11-15-3)12(2)14-9-7-5-6-8-10-14;1-4-5(2)3;1-3-2/h5-6,11,14H,4,7-10H2,1-3H3;5H,4H2,1-3H3;1-2H3/b13-12+,15-11?;;. The number of hydrogen-bond acceptors (Lipinski definition) is 2. The molecule has 0 heterocycles. The Morgan fingerprint density at radius 1 is 1.17 bits per heavy atom. The van der Waals surface area contributed by atoms with E-state index < -0.39 is 0 Å². The molecular formula is C21H41NO. The van der Waals surface area contributed by atoms with E-state index in [2.05, 4.69) is 56.5 Å². The smallest absolute Gasteiger partial charge is 0.0351 e. The molecule has 136 valence electrons. The zero-order valence-corrected chi connectivity index (χ0v) is 17.0. The lowest BCUT2D eigenvalue weighted by molar-refractivity contribution is 0.277. The molecule has 2 heteroatoms. The van der Waals surface area contributed by atoms with Crippen molar-refractivity contribution in [3.63, 3.8) is 0 Å². The van der Waals surface area contributed by atoms with E-state index in [4.69, 9.17) is 0 Å². The molecule has 0 N–H and O–H groups in total. The van der Waals surface area contributed by atoms with E-state index in [9.17, 15) is 0 Å². The van der Waals surface area contributed by atoms with Gasteiger partial charge in [0, 0.05) is 27.5 Å². The maximum absolute atomic E-state index is 4.25. The molecule has 0 aromatic heterocycles. The normalized spacial score (nSPS) is 16.2. The van der Waals surface area contributed by atoms with E-state index in [0.29, 0.717) is 0 Å². The molecule has 0 spiro atoms. The summed E-state index contributed by atoms with van der Waals surface area (Å²) in [7, 11) is 5.11. The molecule has 1 aliphatic rings. The van der Waals surface area contributed by atoms with Crippen molar-refractivity contribution < 1.29 is 4.74 Å². The lowest BCUT2D eigenvalue weighted by atomic mass is 9.88. The second-order valence-corrected chi connectivity index (χ2v) is 6.48. The Balaban J connectivity index is 0. The largest absolute Gasteiger partial charge is 0.388 e. The van der Waals surface area contributed by atoms with Crippen molar-refractivity contribution in [1.82, 2.24) is 0 Å². The fourth-order valence-electron chi connectivity index (χ4n) is 2.30. The van der Waals surface area contributed by atoms with Crippen molar-refractivity contribution in [2.45, 2.75) is 73.1 Å². The molecule has 0 saturated heterocycles. The fraction of sp³-hybridized carbons (Fsp3) is 0.762. The highest BCUT2D eigenvalue weighted by atomic mass is 16.4. The molecule has 0 aromatic rings. The highest BCUT2D eigenvalue weighted by molar-refractivity contribution is 5.79. The van der Waals surface area contributed by atoms with Gasteiger partial charge < -0.3 is 4.74 Å². The second kappa shape index (κ2) is 17.5. The molecule has 2 nitrogen and oxygen atoms in total. The monoisotopic (exact) mass is 323 g/mol. The van der Waals surface area contributed by atoms with Crippen LogP contribution in [0, 0.1) is 11.8 Å². The van der Waals surface area contributed by atoms with Crippen LogP contribution >= 0.6 is 0 Å². The summed E-state index contributed by atoms with van der Waals surface area (Å²) in [6.45, 7) is 11.1. The Bertz CT molecular complexity index is 330. The highest BCUT2D eigenvalue weighted by Gasteiger charge is 2.13. The summed E-state index contributed by atoms with van der Waals surface area (Å²) < 4.78 is 4.25. The van der Waals surface area contributed by atoms with Crippen molar-refractivity contribution in [2.75, 3.05) is 21.3 Å². The maximum Gasteiger partial charge on any atom is 0.0351 e. The number of rotatable bonds is 4. The zero-order chi connectivity index (χ0) is 18.1. The van der Waals surface area contributed by atoms with Crippen molar-refractivity contribution in [2.24, 2.45) is 16.8 Å². The van der Waals surface area contributed by atoms with Crippen LogP contribution in [0.2, 0.25) is 0 Å². The molecule has 0 saturated carbocycles. The number of hydrogen-bond donors (Lipinski definition) is 0. The van der Waals surface area contributed by atoms with Crippen LogP contribution in [-0.4, -0.2) is 27.5 Å². The van der Waals surface area contributed by atoms with Crippen LogP contribution in [0.4, 0.5) is 0 Å². The van der Waals surface area contributed by atoms with Gasteiger partial charge in [-0.3, -0.25) is 4.99 Å². The molecule has 1 rings (SSSR count). The van der Waals surface area contributed by atoms with Crippen LogP contribution in [0.1, 0.15) is 73.1 Å². The third kappa shape index (κ3) is 14.4. The lowest BCUT2D eigenvalue weighted by Crippen LogP contribution is -2.04. The van der Waals surface area contributed by atoms with Crippen molar-refractivity contribution >= 4 is 6.21 Å². The molecule has 0 aromatic carbocycles. The zero-order valence-electron chi connectivity index (χ0n) is 17.0. The maximum atomic E-state index is 4.25. The van der Waals surface area contributed by atoms with E-state index in [1.165, 1.54) is 37.7 Å². The van der Waals surface area contributed by atoms with Gasteiger partial charge >= 0.3 is 0 Å². The topological polar surface area (TPSA) is 21.6 Å². The van der Waals surface area contributed by atoms with Crippen LogP contribution in [0.15, 0.2) is 28.3 Å². The van der Waals surface area contributed by atoms with Gasteiger partial charge in [-0.05, 0) is 56.4 Å². The molecule has 0 radical (unpaired) electrons. The third-order valence-corrected chi connectivity index (χ3v) is 4.13. The molecule has 0 aliphatic heterocycles. The van der Waals surface area contributed by atoms with Crippen molar-refractivity contribution in [1.29, 1.82) is 0 Å². The Labute approximate surface area is 146 Å². The van der Waals surface area contributed by atoms with E-state index in [1.807, 2.05) is 13.3 Å². The summed E-state index contributed by atoms with van der Waals surface area (Å²) in [6.07, 6.45) is 14.2. The van der Waals surface area contributed by atoms with Gasteiger partial charge in [-0.25, -0.2) is 0 Å². The molecule has 0 amide bonds. The Hall–Kier alpha value is -0.890. The first-order valence-corrected chi connectivity index (χ1v) is 9.15. The van der Waals surface area contributed by atoms with Gasteiger partial charge in [-0.1, -0.05) is 51.8 Å². The molecule has 1 aliphatic carbocycles. The minimum atomic E-state index is 0.771. The summed E-state index contributed by atoms with van der Waals surface area (Å²) in [5, 5.41) is 0. The van der Waals surface area contributed by atoms with Crippen LogP contribution in [0.5, 0.6) is 0 Å². The number of nitrogens with zero attached hydrogens (tertiary/aromatic N) is 1. The minimum Gasteiger partial charge on any atom is -0.388 e. The van der Waals surface area contributed by atoms with Gasteiger partial charge in [0.2, 0.25) is 0 Å². The molecule has 23 heavy (non-hydrogen) atoms. The summed E-state index contributed by atoms with van der Waals surface area (Å²) in [6, 6.07) is 0. The van der Waals surface area contributed by atoms with Gasteiger partial charge in [0.1, 0.15) is 0 Å². The van der Waals surface area contributed by atoms with E-state index in [0.717, 1.165) is 18.3 Å². The average Bonchev–Trinajstić information content (AvgIpc) is 2.82. The van der Waals surface area contributed by atoms with Crippen molar-refractivity contribution in [3.05, 3.63) is 23.3 Å². The summed E-state index contributed by atoms with van der Waals surface area (Å²) in [4.78, 5) is 4.15. The van der Waals surface area contributed by atoms with Crippen LogP contribution in [0.25, 0.3) is 0 Å². The van der Waals surface area contributed by atoms with Crippen LogP contribution in [0.3, 0.4) is 0 Å². The molecule has 0 fully saturated rings.